The second-order valence-corrected chi connectivity index (χ2v) is 11.1. The number of unbranched alkanes of at least 4 members (excludes halogenated alkanes) is 1. The fourth-order valence-corrected chi connectivity index (χ4v) is 7.13. The molecule has 3 rings (SSSR count). The normalized spacial score (nSPS) is 37.6. The van der Waals surface area contributed by atoms with Gasteiger partial charge >= 0.3 is 0 Å². The molecular weight excluding hydrogens is 372 g/mol. The fourth-order valence-electron chi connectivity index (χ4n) is 7.13. The Morgan fingerprint density at radius 3 is 2.43 bits per heavy atom. The summed E-state index contributed by atoms with van der Waals surface area (Å²) >= 11 is 0. The second kappa shape index (κ2) is 10.0. The van der Waals surface area contributed by atoms with Crippen molar-refractivity contribution in [1.82, 2.24) is 0 Å². The van der Waals surface area contributed by atoms with Crippen LogP contribution in [0.3, 0.4) is 0 Å². The third-order valence-corrected chi connectivity index (χ3v) is 9.62. The first kappa shape index (κ1) is 25.1. The van der Waals surface area contributed by atoms with Crippen LogP contribution in [0.15, 0.2) is 11.6 Å². The summed E-state index contributed by atoms with van der Waals surface area (Å²) in [5.74, 6) is 3.64. The fraction of sp³-hybridized carbons (Fsp3) is 0.852. The molecule has 3 heteroatoms. The lowest BCUT2D eigenvalue weighted by atomic mass is 9.45. The van der Waals surface area contributed by atoms with Crippen molar-refractivity contribution < 1.29 is 14.7 Å². The first-order valence-electron chi connectivity index (χ1n) is 12.4. The Labute approximate surface area is 185 Å². The van der Waals surface area contributed by atoms with E-state index in [0.717, 1.165) is 49.4 Å². The number of carbonyl (C=O) groups excluding carboxylic acids is 1. The average Bonchev–Trinajstić information content (AvgIpc) is 2.68. The van der Waals surface area contributed by atoms with Gasteiger partial charge in [0.15, 0.2) is 5.78 Å². The van der Waals surface area contributed by atoms with E-state index in [-0.39, 0.29) is 0 Å². The summed E-state index contributed by atoms with van der Waals surface area (Å²) in [7, 11) is 0. The average molecular weight is 419 g/mol. The Morgan fingerprint density at radius 2 is 1.83 bits per heavy atom. The molecule has 2 fully saturated rings. The molecule has 0 spiro atoms. The van der Waals surface area contributed by atoms with Crippen LogP contribution in [0.1, 0.15) is 106 Å². The maximum atomic E-state index is 12.0. The largest absolute Gasteiger partial charge is 0.481 e. The number of fused-ring (bicyclic) bond motifs is 3. The van der Waals surface area contributed by atoms with Crippen molar-refractivity contribution in [1.29, 1.82) is 0 Å². The minimum absolute atomic E-state index is 0.309. The van der Waals surface area contributed by atoms with Crippen LogP contribution >= 0.6 is 0 Å². The van der Waals surface area contributed by atoms with Crippen LogP contribution in [0.4, 0.5) is 0 Å². The number of carbonyl (C=O) groups is 2. The zero-order valence-electron chi connectivity index (χ0n) is 20.6. The summed E-state index contributed by atoms with van der Waals surface area (Å²) in [4.78, 5) is 21.0. The molecule has 3 nitrogen and oxygen atoms in total. The van der Waals surface area contributed by atoms with E-state index in [1.54, 1.807) is 0 Å². The van der Waals surface area contributed by atoms with Crippen LogP contribution in [0, 0.1) is 40.4 Å². The monoisotopic (exact) mass is 418 g/mol. The number of hydrogen-bond donors (Lipinski definition) is 1. The molecule has 0 aromatic rings. The highest BCUT2D eigenvalue weighted by molar-refractivity contribution is 5.91. The summed E-state index contributed by atoms with van der Waals surface area (Å²) in [5.41, 5.74) is 2.29. The van der Waals surface area contributed by atoms with E-state index in [9.17, 15) is 4.79 Å². The number of carboxylic acids is 1. The predicted molar refractivity (Wildman–Crippen MR) is 124 cm³/mol. The minimum atomic E-state index is -0.833. The molecule has 7 atom stereocenters. The molecule has 2 saturated carbocycles. The van der Waals surface area contributed by atoms with Gasteiger partial charge in [-0.1, -0.05) is 66.4 Å². The van der Waals surface area contributed by atoms with Gasteiger partial charge < -0.3 is 5.11 Å². The third-order valence-electron chi connectivity index (χ3n) is 9.62. The highest BCUT2D eigenvalue weighted by Crippen LogP contribution is 2.63. The first-order valence-corrected chi connectivity index (χ1v) is 12.4. The van der Waals surface area contributed by atoms with E-state index in [1.165, 1.54) is 50.5 Å². The Balaban J connectivity index is 0.000000735. The van der Waals surface area contributed by atoms with Crippen molar-refractivity contribution in [3.05, 3.63) is 11.6 Å². The van der Waals surface area contributed by atoms with E-state index in [1.807, 2.05) is 6.08 Å². The lowest BCUT2D eigenvalue weighted by Crippen LogP contribution is -2.52. The highest BCUT2D eigenvalue weighted by Gasteiger charge is 2.55. The van der Waals surface area contributed by atoms with Crippen molar-refractivity contribution in [3.63, 3.8) is 0 Å². The number of aliphatic carboxylic acids is 1. The SMILES string of the molecule is CC(=O)O.CCCCC(C)C(C)C1(C)CCC2C(CCC3=CC(=O)CCC32C)C1C. The zero-order chi connectivity index (χ0) is 22.7. The Kier molecular flexibility index (Phi) is 8.38. The van der Waals surface area contributed by atoms with Gasteiger partial charge in [0.25, 0.3) is 5.97 Å². The van der Waals surface area contributed by atoms with Gasteiger partial charge in [-0.25, -0.2) is 0 Å². The maximum absolute atomic E-state index is 12.0. The molecule has 1 N–H and O–H groups in total. The Morgan fingerprint density at radius 1 is 1.20 bits per heavy atom. The topological polar surface area (TPSA) is 54.4 Å². The van der Waals surface area contributed by atoms with Gasteiger partial charge in [-0.2, -0.15) is 0 Å². The maximum Gasteiger partial charge on any atom is 0.300 e. The minimum Gasteiger partial charge on any atom is -0.481 e. The molecule has 0 heterocycles. The summed E-state index contributed by atoms with van der Waals surface area (Å²) in [6, 6.07) is 0. The summed E-state index contributed by atoms with van der Waals surface area (Å²) in [6.45, 7) is 16.1. The number of hydrogen-bond acceptors (Lipinski definition) is 2. The van der Waals surface area contributed by atoms with Crippen LogP contribution in [0.5, 0.6) is 0 Å². The van der Waals surface area contributed by atoms with Crippen molar-refractivity contribution in [3.8, 4) is 0 Å². The number of allylic oxidation sites excluding steroid dienone is 2. The third kappa shape index (κ3) is 5.02. The molecule has 0 aromatic carbocycles. The summed E-state index contributed by atoms with van der Waals surface area (Å²) in [6.07, 6.45) is 13.2. The molecular formula is C27H46O3. The number of ketones is 1. The van der Waals surface area contributed by atoms with Crippen molar-refractivity contribution in [2.24, 2.45) is 40.4 Å². The quantitative estimate of drug-likeness (QED) is 0.509. The van der Waals surface area contributed by atoms with E-state index in [0.29, 0.717) is 16.6 Å². The van der Waals surface area contributed by atoms with E-state index < -0.39 is 5.97 Å². The molecule has 0 aromatic heterocycles. The molecule has 7 unspecified atom stereocenters. The molecule has 0 saturated heterocycles. The van der Waals surface area contributed by atoms with Crippen LogP contribution in [-0.4, -0.2) is 16.9 Å². The number of carboxylic acid groups (broad SMARTS) is 1. The molecule has 30 heavy (non-hydrogen) atoms. The van der Waals surface area contributed by atoms with Gasteiger partial charge in [0, 0.05) is 13.3 Å². The van der Waals surface area contributed by atoms with Crippen molar-refractivity contribution >= 4 is 11.8 Å². The van der Waals surface area contributed by atoms with Gasteiger partial charge in [-0.3, -0.25) is 9.59 Å². The molecule has 0 radical (unpaired) electrons. The first-order chi connectivity index (χ1) is 14.0. The van der Waals surface area contributed by atoms with Gasteiger partial charge in [0.2, 0.25) is 0 Å². The highest BCUT2D eigenvalue weighted by atomic mass is 16.4. The lowest BCUT2D eigenvalue weighted by Gasteiger charge is -2.60. The summed E-state index contributed by atoms with van der Waals surface area (Å²) in [5, 5.41) is 7.42. The smallest absolute Gasteiger partial charge is 0.300 e. The molecule has 3 aliphatic rings. The van der Waals surface area contributed by atoms with E-state index in [2.05, 4.69) is 41.5 Å². The molecule has 0 amide bonds. The van der Waals surface area contributed by atoms with Crippen LogP contribution in [0.2, 0.25) is 0 Å². The van der Waals surface area contributed by atoms with E-state index >= 15 is 0 Å². The predicted octanol–water partition coefficient (Wildman–Crippen LogP) is 7.30. The van der Waals surface area contributed by atoms with Crippen LogP contribution in [0.25, 0.3) is 0 Å². The van der Waals surface area contributed by atoms with Crippen molar-refractivity contribution in [2.75, 3.05) is 0 Å². The second-order valence-electron chi connectivity index (χ2n) is 11.1. The Hall–Kier alpha value is -1.12. The van der Waals surface area contributed by atoms with Crippen LogP contribution < -0.4 is 0 Å². The van der Waals surface area contributed by atoms with Crippen molar-refractivity contribution in [2.45, 2.75) is 106 Å². The molecule has 0 bridgehead atoms. The lowest BCUT2D eigenvalue weighted by molar-refractivity contribution is -0.134. The van der Waals surface area contributed by atoms with Gasteiger partial charge in [-0.15, -0.1) is 0 Å². The Bertz CT molecular complexity index is 646. The molecule has 172 valence electrons. The summed E-state index contributed by atoms with van der Waals surface area (Å²) < 4.78 is 0. The van der Waals surface area contributed by atoms with Gasteiger partial charge in [0.1, 0.15) is 0 Å². The zero-order valence-corrected chi connectivity index (χ0v) is 20.6. The molecule has 3 aliphatic carbocycles. The van der Waals surface area contributed by atoms with Gasteiger partial charge in [-0.05, 0) is 78.6 Å². The number of rotatable bonds is 5. The van der Waals surface area contributed by atoms with Crippen LogP contribution in [-0.2, 0) is 9.59 Å². The molecule has 0 aliphatic heterocycles. The van der Waals surface area contributed by atoms with Gasteiger partial charge in [0.05, 0.1) is 0 Å². The standard InChI is InChI=1S/C25H42O.C2H4O2/c1-7-8-9-17(2)18(3)24(5)15-13-23-22(19(24)4)11-10-20-16-21(26)12-14-25(20,23)6;1-2(3)4/h16-19,22-23H,7-15H2,1-6H3;1H3,(H,3,4). The van der Waals surface area contributed by atoms with E-state index in [4.69, 9.17) is 9.90 Å².